The van der Waals surface area contributed by atoms with Crippen LogP contribution in [0.2, 0.25) is 0 Å². The van der Waals surface area contributed by atoms with Crippen LogP contribution in [0.5, 0.6) is 0 Å². The molecule has 0 aliphatic heterocycles. The monoisotopic (exact) mass is 269 g/mol. The second kappa shape index (κ2) is 9.77. The zero-order chi connectivity index (χ0) is 14.0. The Morgan fingerprint density at radius 2 is 1.68 bits per heavy atom. The molecule has 0 spiro atoms. The molecule has 1 saturated carbocycles. The van der Waals surface area contributed by atoms with Crippen molar-refractivity contribution in [3.05, 3.63) is 0 Å². The summed E-state index contributed by atoms with van der Waals surface area (Å²) in [6.45, 7) is 5.66. The van der Waals surface area contributed by atoms with Gasteiger partial charge < -0.3 is 10.1 Å². The van der Waals surface area contributed by atoms with Gasteiger partial charge in [0.25, 0.3) is 0 Å². The molecule has 1 N–H and O–H groups in total. The van der Waals surface area contributed by atoms with Gasteiger partial charge in [-0.25, -0.2) is 0 Å². The zero-order valence-corrected chi connectivity index (χ0v) is 13.5. The average molecular weight is 269 g/mol. The minimum absolute atomic E-state index is 0.165. The second-order valence-corrected chi connectivity index (χ2v) is 6.19. The van der Waals surface area contributed by atoms with Crippen LogP contribution in [0, 0.1) is 0 Å². The van der Waals surface area contributed by atoms with Crippen molar-refractivity contribution in [3.63, 3.8) is 0 Å². The molecule has 1 atom stereocenters. The van der Waals surface area contributed by atoms with Crippen LogP contribution in [0.1, 0.15) is 84.5 Å². The van der Waals surface area contributed by atoms with Crippen molar-refractivity contribution in [2.24, 2.45) is 0 Å². The fourth-order valence-corrected chi connectivity index (χ4v) is 3.22. The van der Waals surface area contributed by atoms with Gasteiger partial charge in [0.2, 0.25) is 0 Å². The first-order valence-corrected chi connectivity index (χ1v) is 8.57. The Bertz CT molecular complexity index is 208. The van der Waals surface area contributed by atoms with Gasteiger partial charge in [0, 0.05) is 13.2 Å². The van der Waals surface area contributed by atoms with E-state index < -0.39 is 0 Å². The first-order chi connectivity index (χ1) is 9.29. The number of unbranched alkanes of at least 4 members (excludes halogenated alkanes) is 5. The van der Waals surface area contributed by atoms with Crippen molar-refractivity contribution in [1.29, 1.82) is 0 Å². The molecule has 0 saturated heterocycles. The first-order valence-electron chi connectivity index (χ1n) is 8.57. The van der Waals surface area contributed by atoms with E-state index in [1.54, 1.807) is 0 Å². The summed E-state index contributed by atoms with van der Waals surface area (Å²) in [6.07, 6.45) is 14.7. The van der Waals surface area contributed by atoms with Crippen molar-refractivity contribution in [1.82, 2.24) is 5.32 Å². The van der Waals surface area contributed by atoms with E-state index in [1.807, 2.05) is 7.11 Å². The van der Waals surface area contributed by atoms with Gasteiger partial charge in [0.15, 0.2) is 0 Å². The standard InChI is InChI=1S/C17H35NO/c1-4-6-7-8-9-10-12-16(18-15-5-2)17(19-3)13-11-14-17/h16,18H,4-15H2,1-3H3. The van der Waals surface area contributed by atoms with Gasteiger partial charge in [0.05, 0.1) is 5.60 Å². The van der Waals surface area contributed by atoms with Crippen LogP contribution in [0.15, 0.2) is 0 Å². The van der Waals surface area contributed by atoms with Crippen molar-refractivity contribution in [3.8, 4) is 0 Å². The molecule has 1 aliphatic rings. The van der Waals surface area contributed by atoms with E-state index in [-0.39, 0.29) is 5.60 Å². The summed E-state index contributed by atoms with van der Waals surface area (Å²) in [5, 5.41) is 3.74. The first kappa shape index (κ1) is 17.0. The minimum atomic E-state index is 0.165. The van der Waals surface area contributed by atoms with Gasteiger partial charge >= 0.3 is 0 Å². The van der Waals surface area contributed by atoms with E-state index >= 15 is 0 Å². The van der Waals surface area contributed by atoms with E-state index in [0.717, 1.165) is 6.54 Å². The van der Waals surface area contributed by atoms with Gasteiger partial charge in [-0.05, 0) is 38.6 Å². The Hall–Kier alpha value is -0.0800. The lowest BCUT2D eigenvalue weighted by atomic mass is 9.73. The lowest BCUT2D eigenvalue weighted by Crippen LogP contribution is -2.56. The molecule has 0 aromatic heterocycles. The number of methoxy groups -OCH3 is 1. The number of hydrogen-bond donors (Lipinski definition) is 1. The molecule has 0 bridgehead atoms. The van der Waals surface area contributed by atoms with E-state index in [0.29, 0.717) is 6.04 Å². The maximum absolute atomic E-state index is 5.87. The maximum Gasteiger partial charge on any atom is 0.0831 e. The molecule has 114 valence electrons. The summed E-state index contributed by atoms with van der Waals surface area (Å²) < 4.78 is 5.87. The van der Waals surface area contributed by atoms with Crippen molar-refractivity contribution >= 4 is 0 Å². The smallest absolute Gasteiger partial charge is 0.0831 e. The molecule has 0 heterocycles. The lowest BCUT2D eigenvalue weighted by Gasteiger charge is -2.47. The Morgan fingerprint density at radius 3 is 2.21 bits per heavy atom. The van der Waals surface area contributed by atoms with Crippen LogP contribution in [0.3, 0.4) is 0 Å². The molecular formula is C17H35NO. The van der Waals surface area contributed by atoms with Gasteiger partial charge in [-0.1, -0.05) is 52.4 Å². The Balaban J connectivity index is 2.25. The summed E-state index contributed by atoms with van der Waals surface area (Å²) in [7, 11) is 1.90. The largest absolute Gasteiger partial charge is 0.377 e. The third kappa shape index (κ3) is 5.43. The highest BCUT2D eigenvalue weighted by Gasteiger charge is 2.43. The van der Waals surface area contributed by atoms with Crippen LogP contribution in [-0.2, 0) is 4.74 Å². The third-order valence-corrected chi connectivity index (χ3v) is 4.73. The molecule has 1 unspecified atom stereocenters. The zero-order valence-electron chi connectivity index (χ0n) is 13.5. The number of nitrogens with one attached hydrogen (secondary N) is 1. The summed E-state index contributed by atoms with van der Waals surface area (Å²) in [6, 6.07) is 0.581. The molecule has 1 fully saturated rings. The van der Waals surface area contributed by atoms with Crippen molar-refractivity contribution < 1.29 is 4.74 Å². The predicted octanol–water partition coefficient (Wildman–Crippen LogP) is 4.67. The Kier molecular flexibility index (Phi) is 8.72. The van der Waals surface area contributed by atoms with E-state index in [2.05, 4.69) is 19.2 Å². The summed E-state index contributed by atoms with van der Waals surface area (Å²) in [4.78, 5) is 0. The van der Waals surface area contributed by atoms with Crippen LogP contribution in [0.25, 0.3) is 0 Å². The lowest BCUT2D eigenvalue weighted by molar-refractivity contribution is -0.100. The van der Waals surface area contributed by atoms with Gasteiger partial charge in [-0.15, -0.1) is 0 Å². The highest BCUT2D eigenvalue weighted by molar-refractivity contribution is 4.99. The fraction of sp³-hybridized carbons (Fsp3) is 1.00. The topological polar surface area (TPSA) is 21.3 Å². The second-order valence-electron chi connectivity index (χ2n) is 6.19. The summed E-state index contributed by atoms with van der Waals surface area (Å²) >= 11 is 0. The Labute approximate surface area is 120 Å². The Morgan fingerprint density at radius 1 is 1.00 bits per heavy atom. The molecule has 0 aromatic carbocycles. The van der Waals surface area contributed by atoms with Crippen LogP contribution in [-0.4, -0.2) is 25.3 Å². The average Bonchev–Trinajstić information content (AvgIpc) is 2.38. The minimum Gasteiger partial charge on any atom is -0.377 e. The molecule has 19 heavy (non-hydrogen) atoms. The molecule has 1 rings (SSSR count). The highest BCUT2D eigenvalue weighted by Crippen LogP contribution is 2.39. The van der Waals surface area contributed by atoms with Gasteiger partial charge in [-0.3, -0.25) is 0 Å². The van der Waals surface area contributed by atoms with Crippen molar-refractivity contribution in [2.45, 2.75) is 96.1 Å². The molecule has 2 nitrogen and oxygen atoms in total. The van der Waals surface area contributed by atoms with E-state index in [9.17, 15) is 0 Å². The quantitative estimate of drug-likeness (QED) is 0.520. The van der Waals surface area contributed by atoms with E-state index in [4.69, 9.17) is 4.74 Å². The predicted molar refractivity (Wildman–Crippen MR) is 83.7 cm³/mol. The molecule has 0 amide bonds. The van der Waals surface area contributed by atoms with Gasteiger partial charge in [-0.2, -0.15) is 0 Å². The van der Waals surface area contributed by atoms with Crippen LogP contribution >= 0.6 is 0 Å². The molecule has 0 radical (unpaired) electrons. The normalized spacial score (nSPS) is 19.1. The third-order valence-electron chi connectivity index (χ3n) is 4.73. The molecule has 1 aliphatic carbocycles. The maximum atomic E-state index is 5.87. The molecular weight excluding hydrogens is 234 g/mol. The number of hydrogen-bond acceptors (Lipinski definition) is 2. The fourth-order valence-electron chi connectivity index (χ4n) is 3.22. The van der Waals surface area contributed by atoms with Crippen LogP contribution in [0.4, 0.5) is 0 Å². The van der Waals surface area contributed by atoms with Crippen molar-refractivity contribution in [2.75, 3.05) is 13.7 Å². The van der Waals surface area contributed by atoms with Crippen LogP contribution < -0.4 is 5.32 Å². The molecule has 2 heteroatoms. The highest BCUT2D eigenvalue weighted by atomic mass is 16.5. The van der Waals surface area contributed by atoms with E-state index in [1.165, 1.54) is 70.6 Å². The number of ether oxygens (including phenoxy) is 1. The SMILES string of the molecule is CCCCCCCCC(NCCC)C1(OC)CCC1. The summed E-state index contributed by atoms with van der Waals surface area (Å²) in [5.74, 6) is 0. The molecule has 0 aromatic rings. The van der Waals surface area contributed by atoms with Gasteiger partial charge in [0.1, 0.15) is 0 Å². The number of rotatable bonds is 12. The summed E-state index contributed by atoms with van der Waals surface area (Å²) in [5.41, 5.74) is 0.165.